The summed E-state index contributed by atoms with van der Waals surface area (Å²) in [6.07, 6.45) is 0. The molecule has 1 aliphatic heterocycles. The molecular formula is C19H22Cl2N3O+. The molecule has 0 atom stereocenters. The highest BCUT2D eigenvalue weighted by atomic mass is 35.5. The van der Waals surface area contributed by atoms with E-state index in [0.717, 1.165) is 31.2 Å². The average molecular weight is 379 g/mol. The molecule has 0 aliphatic carbocycles. The van der Waals surface area contributed by atoms with Gasteiger partial charge in [0.25, 0.3) is 5.91 Å². The van der Waals surface area contributed by atoms with Gasteiger partial charge >= 0.3 is 0 Å². The summed E-state index contributed by atoms with van der Waals surface area (Å²) >= 11 is 12.2. The Kier molecular flexibility index (Phi) is 5.84. The number of anilines is 2. The van der Waals surface area contributed by atoms with E-state index in [2.05, 4.69) is 17.1 Å². The van der Waals surface area contributed by atoms with Crippen LogP contribution in [0.1, 0.15) is 5.56 Å². The number of nitrogens with zero attached hydrogens (tertiary/aromatic N) is 1. The van der Waals surface area contributed by atoms with Gasteiger partial charge in [0.05, 0.1) is 36.9 Å². The second-order valence-corrected chi connectivity index (χ2v) is 7.22. The van der Waals surface area contributed by atoms with Crippen LogP contribution in [0.25, 0.3) is 0 Å². The van der Waals surface area contributed by atoms with Gasteiger partial charge in [-0.05, 0) is 36.8 Å². The van der Waals surface area contributed by atoms with Crippen LogP contribution < -0.4 is 15.1 Å². The zero-order valence-corrected chi connectivity index (χ0v) is 15.7. The molecule has 1 saturated heterocycles. The quantitative estimate of drug-likeness (QED) is 0.857. The maximum Gasteiger partial charge on any atom is 0.279 e. The third kappa shape index (κ3) is 4.66. The Morgan fingerprint density at radius 3 is 2.60 bits per heavy atom. The first-order chi connectivity index (χ1) is 12.0. The number of piperazine rings is 1. The molecule has 0 aromatic heterocycles. The first kappa shape index (κ1) is 18.1. The van der Waals surface area contributed by atoms with Crippen molar-refractivity contribution in [1.82, 2.24) is 0 Å². The van der Waals surface area contributed by atoms with E-state index < -0.39 is 0 Å². The van der Waals surface area contributed by atoms with Gasteiger partial charge in [-0.1, -0.05) is 41.4 Å². The number of hydrogen-bond acceptors (Lipinski definition) is 2. The molecule has 2 aromatic carbocycles. The van der Waals surface area contributed by atoms with Gasteiger partial charge in [-0.2, -0.15) is 0 Å². The van der Waals surface area contributed by atoms with Crippen LogP contribution in [0.4, 0.5) is 11.4 Å². The maximum atomic E-state index is 12.3. The Morgan fingerprint density at radius 1 is 1.16 bits per heavy atom. The van der Waals surface area contributed by atoms with E-state index in [1.807, 2.05) is 36.4 Å². The lowest BCUT2D eigenvalue weighted by Crippen LogP contribution is -3.15. The third-order valence-corrected chi connectivity index (χ3v) is 5.11. The maximum absolute atomic E-state index is 12.3. The number of para-hydroxylation sites is 1. The Hall–Kier alpha value is -1.75. The largest absolute Gasteiger partial charge is 0.360 e. The smallest absolute Gasteiger partial charge is 0.279 e. The molecule has 0 saturated carbocycles. The van der Waals surface area contributed by atoms with Crippen molar-refractivity contribution in [3.05, 3.63) is 58.1 Å². The van der Waals surface area contributed by atoms with Crippen LogP contribution in [0.3, 0.4) is 0 Å². The monoisotopic (exact) mass is 378 g/mol. The van der Waals surface area contributed by atoms with E-state index in [4.69, 9.17) is 23.2 Å². The highest BCUT2D eigenvalue weighted by Crippen LogP contribution is 2.24. The van der Waals surface area contributed by atoms with E-state index in [1.54, 1.807) is 6.07 Å². The van der Waals surface area contributed by atoms with Crippen molar-refractivity contribution in [2.24, 2.45) is 0 Å². The third-order valence-electron chi connectivity index (χ3n) is 4.54. The summed E-state index contributed by atoms with van der Waals surface area (Å²) in [6, 6.07) is 13.3. The zero-order chi connectivity index (χ0) is 17.8. The van der Waals surface area contributed by atoms with Gasteiger partial charge in [0.15, 0.2) is 6.54 Å². The van der Waals surface area contributed by atoms with Gasteiger partial charge in [0.2, 0.25) is 0 Å². The molecule has 6 heteroatoms. The average Bonchev–Trinajstić information content (AvgIpc) is 2.60. The molecule has 1 aliphatic rings. The fraction of sp³-hybridized carbons (Fsp3) is 0.316. The van der Waals surface area contributed by atoms with Gasteiger partial charge in [-0.25, -0.2) is 0 Å². The van der Waals surface area contributed by atoms with Crippen LogP contribution >= 0.6 is 23.2 Å². The van der Waals surface area contributed by atoms with E-state index in [1.165, 1.54) is 16.2 Å². The Bertz CT molecular complexity index is 758. The van der Waals surface area contributed by atoms with E-state index >= 15 is 0 Å². The van der Waals surface area contributed by atoms with Crippen molar-refractivity contribution in [2.45, 2.75) is 6.92 Å². The second-order valence-electron chi connectivity index (χ2n) is 6.37. The molecule has 1 amide bonds. The van der Waals surface area contributed by atoms with Crippen LogP contribution in [-0.2, 0) is 4.79 Å². The summed E-state index contributed by atoms with van der Waals surface area (Å²) in [4.78, 5) is 15.9. The molecule has 0 radical (unpaired) electrons. The number of hydrogen-bond donors (Lipinski definition) is 2. The van der Waals surface area contributed by atoms with Crippen LogP contribution in [0.5, 0.6) is 0 Å². The Labute approximate surface area is 158 Å². The predicted octanol–water partition coefficient (Wildman–Crippen LogP) is 2.65. The number of aryl methyl sites for hydroxylation is 1. The number of carbonyl (C=O) groups excluding carboxylic acids is 1. The number of halogens is 2. The summed E-state index contributed by atoms with van der Waals surface area (Å²) in [7, 11) is 0. The normalized spacial score (nSPS) is 15.2. The minimum absolute atomic E-state index is 0.00418. The molecule has 1 fully saturated rings. The van der Waals surface area contributed by atoms with Crippen molar-refractivity contribution < 1.29 is 9.69 Å². The molecule has 2 N–H and O–H groups in total. The minimum atomic E-state index is -0.00418. The van der Waals surface area contributed by atoms with E-state index in [-0.39, 0.29) is 5.91 Å². The van der Waals surface area contributed by atoms with Gasteiger partial charge in [0, 0.05) is 10.7 Å². The molecule has 2 aromatic rings. The molecule has 4 nitrogen and oxygen atoms in total. The van der Waals surface area contributed by atoms with E-state index in [9.17, 15) is 4.79 Å². The lowest BCUT2D eigenvalue weighted by Gasteiger charge is -2.34. The van der Waals surface area contributed by atoms with Gasteiger partial charge in [0.1, 0.15) is 0 Å². The van der Waals surface area contributed by atoms with Gasteiger partial charge in [-0.15, -0.1) is 0 Å². The fourth-order valence-electron chi connectivity index (χ4n) is 3.15. The minimum Gasteiger partial charge on any atom is -0.360 e. The van der Waals surface area contributed by atoms with Crippen molar-refractivity contribution in [3.63, 3.8) is 0 Å². The zero-order valence-electron chi connectivity index (χ0n) is 14.2. The standard InChI is InChI=1S/C19H21Cl2N3O/c1-14-6-7-15(20)12-18(14)24-10-8-23(9-11-24)13-19(25)22-17-5-3-2-4-16(17)21/h2-7,12H,8-11,13H2,1H3,(H,22,25)/p+1. The summed E-state index contributed by atoms with van der Waals surface area (Å²) < 4.78 is 0. The van der Waals surface area contributed by atoms with Crippen LogP contribution in [0.15, 0.2) is 42.5 Å². The van der Waals surface area contributed by atoms with Crippen LogP contribution in [-0.4, -0.2) is 38.6 Å². The molecule has 0 spiro atoms. The summed E-state index contributed by atoms with van der Waals surface area (Å²) in [5.41, 5.74) is 3.08. The topological polar surface area (TPSA) is 36.8 Å². The van der Waals surface area contributed by atoms with Crippen molar-refractivity contribution in [2.75, 3.05) is 42.9 Å². The molecule has 0 bridgehead atoms. The summed E-state index contributed by atoms with van der Waals surface area (Å²) in [5.74, 6) is -0.00418. The first-order valence-corrected chi connectivity index (χ1v) is 9.17. The SMILES string of the molecule is Cc1ccc(Cl)cc1N1CC[NH+](CC(=O)Nc2ccccc2Cl)CC1. The van der Waals surface area contributed by atoms with Crippen molar-refractivity contribution in [1.29, 1.82) is 0 Å². The number of benzene rings is 2. The Balaban J connectivity index is 1.53. The molecule has 132 valence electrons. The summed E-state index contributed by atoms with van der Waals surface area (Å²) in [5, 5.41) is 4.22. The predicted molar refractivity (Wildman–Crippen MR) is 104 cm³/mol. The molecule has 0 unspecified atom stereocenters. The van der Waals surface area contributed by atoms with Crippen LogP contribution in [0.2, 0.25) is 10.0 Å². The highest BCUT2D eigenvalue weighted by Gasteiger charge is 2.23. The highest BCUT2D eigenvalue weighted by molar-refractivity contribution is 6.33. The molecular weight excluding hydrogens is 357 g/mol. The van der Waals surface area contributed by atoms with Gasteiger partial charge < -0.3 is 15.1 Å². The number of nitrogens with one attached hydrogen (secondary N) is 2. The van der Waals surface area contributed by atoms with Gasteiger partial charge in [-0.3, -0.25) is 4.79 Å². The van der Waals surface area contributed by atoms with Crippen molar-refractivity contribution >= 4 is 40.5 Å². The fourth-order valence-corrected chi connectivity index (χ4v) is 3.50. The number of carbonyl (C=O) groups is 1. The first-order valence-electron chi connectivity index (χ1n) is 8.42. The number of quaternary nitrogens is 1. The second kappa shape index (κ2) is 8.09. The molecule has 3 rings (SSSR count). The lowest BCUT2D eigenvalue weighted by molar-refractivity contribution is -0.892. The lowest BCUT2D eigenvalue weighted by atomic mass is 10.1. The van der Waals surface area contributed by atoms with Crippen LogP contribution in [0, 0.1) is 6.92 Å². The molecule has 25 heavy (non-hydrogen) atoms. The van der Waals surface area contributed by atoms with Crippen molar-refractivity contribution in [3.8, 4) is 0 Å². The number of amides is 1. The summed E-state index contributed by atoms with van der Waals surface area (Å²) in [6.45, 7) is 6.21. The molecule has 1 heterocycles. The number of rotatable bonds is 4. The Morgan fingerprint density at radius 2 is 1.88 bits per heavy atom. The van der Waals surface area contributed by atoms with E-state index in [0.29, 0.717) is 17.3 Å².